The molecule has 2 N–H and O–H groups in total. The summed E-state index contributed by atoms with van der Waals surface area (Å²) in [5.74, 6) is -1.62. The number of phosphoric acid groups is 1. The predicted molar refractivity (Wildman–Crippen MR) is 43.9 cm³/mol. The molecule has 9 nitrogen and oxygen atoms in total. The SMILES string of the molecule is O=C([O-])[C@H]1C[C@@H](O)[C@H](O)[C@@H](COP(=O)([O-])[O-])O1. The summed E-state index contributed by atoms with van der Waals surface area (Å²) in [4.78, 5) is 30.9. The number of aliphatic hydroxyl groups excluding tert-OH is 2. The van der Waals surface area contributed by atoms with Crippen molar-refractivity contribution in [2.75, 3.05) is 6.61 Å². The molecule has 1 aliphatic heterocycles. The number of carboxylic acid groups (broad SMARTS) is 1. The van der Waals surface area contributed by atoms with Gasteiger partial charge in [-0.3, -0.25) is 0 Å². The van der Waals surface area contributed by atoms with E-state index in [4.69, 9.17) is 4.74 Å². The monoisotopic (exact) mass is 269 g/mol. The van der Waals surface area contributed by atoms with Crippen LogP contribution in [0.5, 0.6) is 0 Å². The van der Waals surface area contributed by atoms with Gasteiger partial charge in [-0.1, -0.05) is 0 Å². The first kappa shape index (κ1) is 14.5. The molecule has 0 bridgehead atoms. The number of aliphatic carboxylic acids is 1. The molecule has 17 heavy (non-hydrogen) atoms. The summed E-state index contributed by atoms with van der Waals surface area (Å²) in [6.07, 6.45) is -6.31. The molecule has 0 aromatic carbocycles. The lowest BCUT2D eigenvalue weighted by atomic mass is 9.98. The van der Waals surface area contributed by atoms with Crippen molar-refractivity contribution in [3.05, 3.63) is 0 Å². The summed E-state index contributed by atoms with van der Waals surface area (Å²) in [6.45, 7) is -0.869. The molecule has 0 unspecified atom stereocenters. The Morgan fingerprint density at radius 1 is 1.47 bits per heavy atom. The van der Waals surface area contributed by atoms with Gasteiger partial charge in [0.2, 0.25) is 0 Å². The molecular formula is C7H10O9P-3. The Morgan fingerprint density at radius 2 is 2.06 bits per heavy atom. The second kappa shape index (κ2) is 5.40. The van der Waals surface area contributed by atoms with E-state index >= 15 is 0 Å². The summed E-state index contributed by atoms with van der Waals surface area (Å²) in [5, 5.41) is 29.2. The van der Waals surface area contributed by atoms with Crippen LogP contribution in [0.15, 0.2) is 0 Å². The zero-order valence-electron chi connectivity index (χ0n) is 8.42. The smallest absolute Gasteiger partial charge is 0.110 e. The number of rotatable bonds is 4. The van der Waals surface area contributed by atoms with Gasteiger partial charge in [0.05, 0.1) is 32.6 Å². The maximum absolute atomic E-state index is 10.5. The van der Waals surface area contributed by atoms with Crippen LogP contribution in [0.2, 0.25) is 0 Å². The number of hydrogen-bond donors (Lipinski definition) is 2. The molecule has 0 radical (unpaired) electrons. The molecular weight excluding hydrogens is 259 g/mol. The van der Waals surface area contributed by atoms with Crippen LogP contribution in [0.25, 0.3) is 0 Å². The lowest BCUT2D eigenvalue weighted by Crippen LogP contribution is -2.54. The maximum atomic E-state index is 10.5. The highest BCUT2D eigenvalue weighted by Crippen LogP contribution is 2.28. The third kappa shape index (κ3) is 4.32. The fraction of sp³-hybridized carbons (Fsp3) is 0.857. The number of carbonyl (C=O) groups is 1. The molecule has 100 valence electrons. The second-order valence-corrected chi connectivity index (χ2v) is 4.67. The van der Waals surface area contributed by atoms with Crippen LogP contribution >= 0.6 is 7.82 Å². The Hall–Kier alpha value is -0.540. The van der Waals surface area contributed by atoms with Gasteiger partial charge in [-0.2, -0.15) is 0 Å². The van der Waals surface area contributed by atoms with E-state index in [1.54, 1.807) is 0 Å². The fourth-order valence-electron chi connectivity index (χ4n) is 1.41. The maximum Gasteiger partial charge on any atom is 0.110 e. The third-order valence-electron chi connectivity index (χ3n) is 2.23. The molecule has 0 spiro atoms. The van der Waals surface area contributed by atoms with Crippen LogP contribution in [-0.4, -0.2) is 47.2 Å². The molecule has 1 heterocycles. The molecule has 1 saturated heterocycles. The van der Waals surface area contributed by atoms with Crippen LogP contribution in [0.4, 0.5) is 0 Å². The van der Waals surface area contributed by atoms with Crippen molar-refractivity contribution in [3.63, 3.8) is 0 Å². The highest BCUT2D eigenvalue weighted by Gasteiger charge is 2.37. The minimum atomic E-state index is -5.26. The zero-order chi connectivity index (χ0) is 13.2. The van der Waals surface area contributed by atoms with E-state index < -0.39 is 51.2 Å². The summed E-state index contributed by atoms with van der Waals surface area (Å²) in [7, 11) is -5.26. The summed E-state index contributed by atoms with van der Waals surface area (Å²) < 4.78 is 18.8. The molecule has 0 amide bonds. The van der Waals surface area contributed by atoms with Gasteiger partial charge in [0.15, 0.2) is 0 Å². The highest BCUT2D eigenvalue weighted by atomic mass is 31.2. The van der Waals surface area contributed by atoms with E-state index in [0.29, 0.717) is 0 Å². The van der Waals surface area contributed by atoms with Gasteiger partial charge in [0.25, 0.3) is 0 Å². The Kier molecular flexibility index (Phi) is 4.62. The van der Waals surface area contributed by atoms with Crippen molar-refractivity contribution in [3.8, 4) is 0 Å². The largest absolute Gasteiger partial charge is 0.790 e. The van der Waals surface area contributed by atoms with Crippen molar-refractivity contribution in [1.82, 2.24) is 0 Å². The van der Waals surface area contributed by atoms with E-state index in [-0.39, 0.29) is 0 Å². The fourth-order valence-corrected chi connectivity index (χ4v) is 1.74. The van der Waals surface area contributed by atoms with Crippen molar-refractivity contribution < 1.29 is 43.7 Å². The van der Waals surface area contributed by atoms with E-state index in [1.165, 1.54) is 0 Å². The molecule has 10 heteroatoms. The number of carboxylic acids is 1. The van der Waals surface area contributed by atoms with Crippen LogP contribution < -0.4 is 14.9 Å². The average molecular weight is 269 g/mol. The Labute approximate surface area is 95.8 Å². The van der Waals surface area contributed by atoms with Crippen molar-refractivity contribution in [1.29, 1.82) is 0 Å². The first-order valence-corrected chi connectivity index (χ1v) is 6.06. The van der Waals surface area contributed by atoms with Gasteiger partial charge in [0, 0.05) is 6.42 Å². The van der Waals surface area contributed by atoms with Crippen molar-refractivity contribution >= 4 is 13.8 Å². The molecule has 1 rings (SSSR count). The van der Waals surface area contributed by atoms with Crippen molar-refractivity contribution in [2.45, 2.75) is 30.8 Å². The van der Waals surface area contributed by atoms with Gasteiger partial charge < -0.3 is 43.7 Å². The second-order valence-electron chi connectivity index (χ2n) is 3.52. The molecule has 0 aromatic heterocycles. The lowest BCUT2D eigenvalue weighted by Gasteiger charge is -2.39. The minimum absolute atomic E-state index is 0.396. The predicted octanol–water partition coefficient (Wildman–Crippen LogP) is -4.54. The van der Waals surface area contributed by atoms with E-state index in [2.05, 4.69) is 4.52 Å². The van der Waals surface area contributed by atoms with Gasteiger partial charge in [0.1, 0.15) is 12.2 Å². The van der Waals surface area contributed by atoms with E-state index in [1.807, 2.05) is 0 Å². The number of aliphatic hydroxyl groups is 2. The summed E-state index contributed by atoms with van der Waals surface area (Å²) >= 11 is 0. The number of ether oxygens (including phenoxy) is 1. The van der Waals surface area contributed by atoms with Gasteiger partial charge in [-0.05, 0) is 0 Å². The van der Waals surface area contributed by atoms with Crippen LogP contribution in [-0.2, 0) is 18.6 Å². The van der Waals surface area contributed by atoms with Gasteiger partial charge >= 0.3 is 0 Å². The van der Waals surface area contributed by atoms with Crippen LogP contribution in [0.3, 0.4) is 0 Å². The normalized spacial score (nSPS) is 34.6. The standard InChI is InChI=1S/C7H13O9P/c8-3-1-4(7(10)11)16-5(6(3)9)2-15-17(12,13)14/h3-6,8-9H,1-2H2,(H,10,11)(H2,12,13,14)/p-3/t3-,4-,5-,6+/m1/s1. The Balaban J connectivity index is 2.62. The van der Waals surface area contributed by atoms with Crippen molar-refractivity contribution in [2.24, 2.45) is 0 Å². The molecule has 0 saturated carbocycles. The number of phosphoric ester groups is 1. The van der Waals surface area contributed by atoms with E-state index in [0.717, 1.165) is 0 Å². The number of hydrogen-bond acceptors (Lipinski definition) is 9. The van der Waals surface area contributed by atoms with Crippen LogP contribution in [0.1, 0.15) is 6.42 Å². The summed E-state index contributed by atoms with van der Waals surface area (Å²) in [5.41, 5.74) is 0. The lowest BCUT2D eigenvalue weighted by molar-refractivity contribution is -0.345. The first-order valence-electron chi connectivity index (χ1n) is 4.60. The van der Waals surface area contributed by atoms with E-state index in [9.17, 15) is 34.5 Å². The highest BCUT2D eigenvalue weighted by molar-refractivity contribution is 7.43. The number of carbonyl (C=O) groups excluding carboxylic acids is 1. The Morgan fingerprint density at radius 3 is 2.53 bits per heavy atom. The molecule has 0 aliphatic carbocycles. The molecule has 0 aromatic rings. The summed E-state index contributed by atoms with van der Waals surface area (Å²) in [6, 6.07) is 0. The zero-order valence-corrected chi connectivity index (χ0v) is 9.32. The molecule has 1 fully saturated rings. The van der Waals surface area contributed by atoms with Crippen LogP contribution in [0, 0.1) is 0 Å². The molecule has 4 atom stereocenters. The average Bonchev–Trinajstić information content (AvgIpc) is 2.18. The van der Waals surface area contributed by atoms with Gasteiger partial charge in [-0.15, -0.1) is 0 Å². The topological polar surface area (TPSA) is 162 Å². The minimum Gasteiger partial charge on any atom is -0.790 e. The Bertz CT molecular complexity index is 325. The third-order valence-corrected chi connectivity index (χ3v) is 2.69. The van der Waals surface area contributed by atoms with Gasteiger partial charge in [-0.25, -0.2) is 0 Å². The quantitative estimate of drug-likeness (QED) is 0.478. The molecule has 1 aliphatic rings. The first-order chi connectivity index (χ1) is 7.70.